The Balaban J connectivity index is 0.00000320. The zero-order chi connectivity index (χ0) is 20.3. The first-order chi connectivity index (χ1) is 14.3. The summed E-state index contributed by atoms with van der Waals surface area (Å²) in [4.78, 5) is 11.6. The average molecular weight is 544 g/mol. The molecule has 1 aliphatic rings. The van der Waals surface area contributed by atoms with Gasteiger partial charge in [-0.2, -0.15) is 11.3 Å². The van der Waals surface area contributed by atoms with Gasteiger partial charge < -0.3 is 15.4 Å². The maximum absolute atomic E-state index is 5.54. The van der Waals surface area contributed by atoms with Crippen molar-refractivity contribution in [3.05, 3.63) is 46.3 Å². The van der Waals surface area contributed by atoms with E-state index in [0.717, 1.165) is 57.0 Å². The Kier molecular flexibility index (Phi) is 11.5. The van der Waals surface area contributed by atoms with Crippen molar-refractivity contribution in [1.82, 2.24) is 20.5 Å². The molecule has 2 N–H and O–H groups in total. The second kappa shape index (κ2) is 13.8. The number of likely N-dealkylation sites (tertiary alicyclic amines) is 1. The Morgan fingerprint density at radius 3 is 2.70 bits per heavy atom. The zero-order valence-electron chi connectivity index (χ0n) is 18.0. The van der Waals surface area contributed by atoms with Gasteiger partial charge in [0.25, 0.3) is 0 Å². The number of halogens is 1. The van der Waals surface area contributed by atoms with Crippen LogP contribution in [-0.2, 0) is 13.1 Å². The van der Waals surface area contributed by atoms with Crippen LogP contribution in [0.15, 0.2) is 40.1 Å². The number of ether oxygens (including phenoxy) is 1. The molecule has 0 atom stereocenters. The van der Waals surface area contributed by atoms with Crippen LogP contribution in [0.4, 0.5) is 0 Å². The zero-order valence-corrected chi connectivity index (χ0v) is 21.1. The number of piperidine rings is 1. The molecule has 166 valence electrons. The average Bonchev–Trinajstić information content (AvgIpc) is 3.26. The number of hydrogen-bond acceptors (Lipinski definition) is 5. The van der Waals surface area contributed by atoms with Crippen molar-refractivity contribution in [2.45, 2.75) is 52.2 Å². The number of aliphatic imine (C=N–C) groups is 1. The number of aromatic nitrogens is 1. The molecule has 0 spiro atoms. The standard InChI is InChI=1S/C22H33N5OS.HI/c1-3-12-28-21-6-5-18(14-24-21)15-25-22(23-4-2)26-20-7-10-27(11-8-20)16-19-9-13-29-17-19;/h5-6,9,13-14,17,20H,3-4,7-8,10-12,15-16H2,1-2H3,(H2,23,25,26);1H. The molecule has 0 aliphatic carbocycles. The molecule has 8 heteroatoms. The van der Waals surface area contributed by atoms with Gasteiger partial charge in [0.15, 0.2) is 5.96 Å². The summed E-state index contributed by atoms with van der Waals surface area (Å²) >= 11 is 1.78. The van der Waals surface area contributed by atoms with Gasteiger partial charge in [-0.3, -0.25) is 4.90 Å². The van der Waals surface area contributed by atoms with Gasteiger partial charge >= 0.3 is 0 Å². The van der Waals surface area contributed by atoms with Crippen LogP contribution < -0.4 is 15.4 Å². The molecule has 0 unspecified atom stereocenters. The fraction of sp³-hybridized carbons (Fsp3) is 0.545. The van der Waals surface area contributed by atoms with Crippen molar-refractivity contribution in [2.24, 2.45) is 4.99 Å². The summed E-state index contributed by atoms with van der Waals surface area (Å²) in [6, 6.07) is 6.65. The van der Waals surface area contributed by atoms with E-state index in [2.05, 4.69) is 51.2 Å². The lowest BCUT2D eigenvalue weighted by molar-refractivity contribution is 0.198. The lowest BCUT2D eigenvalue weighted by Crippen LogP contribution is -2.48. The van der Waals surface area contributed by atoms with E-state index in [9.17, 15) is 0 Å². The molecular weight excluding hydrogens is 509 g/mol. The Labute approximate surface area is 201 Å². The summed E-state index contributed by atoms with van der Waals surface area (Å²) in [5.74, 6) is 1.56. The summed E-state index contributed by atoms with van der Waals surface area (Å²) in [5, 5.41) is 11.4. The molecule has 1 saturated heterocycles. The highest BCUT2D eigenvalue weighted by atomic mass is 127. The number of guanidine groups is 1. The van der Waals surface area contributed by atoms with E-state index in [-0.39, 0.29) is 24.0 Å². The van der Waals surface area contributed by atoms with Crippen LogP contribution in [0.3, 0.4) is 0 Å². The minimum absolute atomic E-state index is 0. The molecule has 0 bridgehead atoms. The summed E-state index contributed by atoms with van der Waals surface area (Å²) in [7, 11) is 0. The van der Waals surface area contributed by atoms with Crippen molar-refractivity contribution in [3.8, 4) is 5.88 Å². The van der Waals surface area contributed by atoms with E-state index >= 15 is 0 Å². The lowest BCUT2D eigenvalue weighted by Gasteiger charge is -2.33. The number of rotatable bonds is 9. The van der Waals surface area contributed by atoms with Crippen LogP contribution >= 0.6 is 35.3 Å². The molecule has 30 heavy (non-hydrogen) atoms. The summed E-state index contributed by atoms with van der Waals surface area (Å²) < 4.78 is 5.54. The van der Waals surface area contributed by atoms with Gasteiger partial charge in [0.2, 0.25) is 5.88 Å². The third-order valence-corrected chi connectivity index (χ3v) is 5.66. The lowest BCUT2D eigenvalue weighted by atomic mass is 10.0. The van der Waals surface area contributed by atoms with Crippen LogP contribution in [0, 0.1) is 0 Å². The quantitative estimate of drug-likeness (QED) is 0.281. The maximum Gasteiger partial charge on any atom is 0.213 e. The van der Waals surface area contributed by atoms with E-state index in [1.165, 1.54) is 5.56 Å². The molecule has 0 saturated carbocycles. The van der Waals surface area contributed by atoms with E-state index in [1.54, 1.807) is 11.3 Å². The molecule has 1 aliphatic heterocycles. The summed E-state index contributed by atoms with van der Waals surface area (Å²) in [6.07, 6.45) is 5.11. The first-order valence-corrected chi connectivity index (χ1v) is 11.6. The first kappa shape index (κ1) is 24.9. The largest absolute Gasteiger partial charge is 0.478 e. The predicted molar refractivity (Wildman–Crippen MR) is 136 cm³/mol. The van der Waals surface area contributed by atoms with E-state index in [0.29, 0.717) is 25.1 Å². The molecule has 3 heterocycles. The van der Waals surface area contributed by atoms with Crippen LogP contribution in [0.1, 0.15) is 44.2 Å². The van der Waals surface area contributed by atoms with Crippen molar-refractivity contribution in [1.29, 1.82) is 0 Å². The van der Waals surface area contributed by atoms with Crippen molar-refractivity contribution in [3.63, 3.8) is 0 Å². The van der Waals surface area contributed by atoms with E-state index in [1.807, 2.05) is 18.3 Å². The number of nitrogens with one attached hydrogen (secondary N) is 2. The maximum atomic E-state index is 5.54. The molecule has 2 aromatic rings. The number of nitrogens with zero attached hydrogens (tertiary/aromatic N) is 3. The van der Waals surface area contributed by atoms with Crippen LogP contribution in [0.2, 0.25) is 0 Å². The predicted octanol–water partition coefficient (Wildman–Crippen LogP) is 4.27. The van der Waals surface area contributed by atoms with Gasteiger partial charge in [0.05, 0.1) is 13.2 Å². The Morgan fingerprint density at radius 1 is 1.23 bits per heavy atom. The fourth-order valence-corrected chi connectivity index (χ4v) is 4.02. The highest BCUT2D eigenvalue weighted by Gasteiger charge is 2.20. The van der Waals surface area contributed by atoms with E-state index < -0.39 is 0 Å². The van der Waals surface area contributed by atoms with Crippen molar-refractivity contribution < 1.29 is 4.74 Å². The highest BCUT2D eigenvalue weighted by Crippen LogP contribution is 2.15. The molecule has 1 fully saturated rings. The highest BCUT2D eigenvalue weighted by molar-refractivity contribution is 14.0. The van der Waals surface area contributed by atoms with Crippen molar-refractivity contribution >= 4 is 41.3 Å². The van der Waals surface area contributed by atoms with Crippen molar-refractivity contribution in [2.75, 3.05) is 26.2 Å². The van der Waals surface area contributed by atoms with Gasteiger partial charge in [0, 0.05) is 44.5 Å². The van der Waals surface area contributed by atoms with E-state index in [4.69, 9.17) is 9.73 Å². The molecule has 3 rings (SSSR count). The van der Waals surface area contributed by atoms with Crippen LogP contribution in [0.5, 0.6) is 5.88 Å². The molecule has 6 nitrogen and oxygen atoms in total. The first-order valence-electron chi connectivity index (χ1n) is 10.6. The molecule has 0 amide bonds. The van der Waals surface area contributed by atoms with Crippen LogP contribution in [-0.4, -0.2) is 48.1 Å². The monoisotopic (exact) mass is 543 g/mol. The summed E-state index contributed by atoms with van der Waals surface area (Å²) in [5.41, 5.74) is 2.51. The Bertz CT molecular complexity index is 730. The summed E-state index contributed by atoms with van der Waals surface area (Å²) in [6.45, 7) is 9.65. The second-order valence-corrected chi connectivity index (χ2v) is 8.15. The van der Waals surface area contributed by atoms with Gasteiger partial charge in [0.1, 0.15) is 0 Å². The Hall–Kier alpha value is -1.39. The molecule has 0 radical (unpaired) electrons. The number of thiophene rings is 1. The van der Waals surface area contributed by atoms with Crippen LogP contribution in [0.25, 0.3) is 0 Å². The molecule has 0 aromatic carbocycles. The molecular formula is C22H34IN5OS. The fourth-order valence-electron chi connectivity index (χ4n) is 3.36. The van der Waals surface area contributed by atoms with Gasteiger partial charge in [-0.05, 0) is 54.1 Å². The third-order valence-electron chi connectivity index (χ3n) is 4.93. The third kappa shape index (κ3) is 8.39. The minimum Gasteiger partial charge on any atom is -0.478 e. The normalized spacial score (nSPS) is 15.5. The minimum atomic E-state index is 0. The second-order valence-electron chi connectivity index (χ2n) is 7.37. The topological polar surface area (TPSA) is 61.8 Å². The number of hydrogen-bond donors (Lipinski definition) is 2. The van der Waals surface area contributed by atoms with Gasteiger partial charge in [-0.15, -0.1) is 24.0 Å². The smallest absolute Gasteiger partial charge is 0.213 e. The molecule has 2 aromatic heterocycles. The van der Waals surface area contributed by atoms with Gasteiger partial charge in [-0.1, -0.05) is 13.0 Å². The Morgan fingerprint density at radius 2 is 2.07 bits per heavy atom. The number of pyridine rings is 1. The van der Waals surface area contributed by atoms with Gasteiger partial charge in [-0.25, -0.2) is 9.98 Å². The SMILES string of the molecule is CCCOc1ccc(CN=C(NCC)NC2CCN(Cc3ccsc3)CC2)cn1.I.